The number of nitrogens with zero attached hydrogens (tertiary/aromatic N) is 1. The van der Waals surface area contributed by atoms with Gasteiger partial charge in [-0.3, -0.25) is 4.79 Å². The van der Waals surface area contributed by atoms with Crippen LogP contribution in [-0.2, 0) is 14.8 Å². The third-order valence-electron chi connectivity index (χ3n) is 4.25. The van der Waals surface area contributed by atoms with Crippen molar-refractivity contribution >= 4 is 32.7 Å². The molecule has 1 amide bonds. The third kappa shape index (κ3) is 4.33. The quantitative estimate of drug-likeness (QED) is 0.631. The smallest absolute Gasteiger partial charge is 0.240 e. The molecule has 9 nitrogen and oxygen atoms in total. The maximum atomic E-state index is 12.4. The number of aryl methyl sites for hydroxylation is 1. The molecule has 4 rings (SSSR count). The van der Waals surface area contributed by atoms with Crippen molar-refractivity contribution in [2.75, 3.05) is 25.1 Å². The Labute approximate surface area is 167 Å². The number of anilines is 1. The highest BCUT2D eigenvalue weighted by atomic mass is 32.2. The van der Waals surface area contributed by atoms with Crippen LogP contribution in [0.15, 0.2) is 45.7 Å². The zero-order chi connectivity index (χ0) is 20.4. The minimum Gasteiger partial charge on any atom is -0.486 e. The van der Waals surface area contributed by atoms with Gasteiger partial charge in [0.2, 0.25) is 15.9 Å². The molecule has 0 unspecified atom stereocenters. The molecule has 2 heterocycles. The molecule has 0 atom stereocenters. The second-order valence-electron chi connectivity index (χ2n) is 6.42. The van der Waals surface area contributed by atoms with Crippen LogP contribution in [0, 0.1) is 6.92 Å². The van der Waals surface area contributed by atoms with Crippen molar-refractivity contribution in [2.45, 2.75) is 18.2 Å². The fraction of sp³-hybridized carbons (Fsp3) is 0.263. The number of amides is 1. The predicted molar refractivity (Wildman–Crippen MR) is 105 cm³/mol. The Bertz CT molecular complexity index is 1170. The standard InChI is InChI=1S/C19H19N3O6S/c1-12-21-15-10-13(2-4-16(15)28-12)22-19(23)6-7-20-29(24,25)14-3-5-17-18(11-14)27-9-8-26-17/h2-5,10-11,20H,6-9H2,1H3,(H,22,23). The predicted octanol–water partition coefficient (Wildman–Crippen LogP) is 2.21. The van der Waals surface area contributed by atoms with Crippen molar-refractivity contribution in [3.8, 4) is 11.5 Å². The van der Waals surface area contributed by atoms with Crippen molar-refractivity contribution in [3.63, 3.8) is 0 Å². The molecule has 1 aliphatic rings. The number of aromatic nitrogens is 1. The maximum absolute atomic E-state index is 12.4. The molecule has 0 saturated heterocycles. The number of hydrogen-bond donors (Lipinski definition) is 2. The monoisotopic (exact) mass is 417 g/mol. The van der Waals surface area contributed by atoms with E-state index in [1.165, 1.54) is 12.1 Å². The van der Waals surface area contributed by atoms with Crippen molar-refractivity contribution < 1.29 is 27.1 Å². The van der Waals surface area contributed by atoms with E-state index in [-0.39, 0.29) is 23.8 Å². The lowest BCUT2D eigenvalue weighted by molar-refractivity contribution is -0.116. The zero-order valence-electron chi connectivity index (χ0n) is 15.6. The highest BCUT2D eigenvalue weighted by Crippen LogP contribution is 2.32. The zero-order valence-corrected chi connectivity index (χ0v) is 16.4. The van der Waals surface area contributed by atoms with Crippen LogP contribution < -0.4 is 19.5 Å². The minimum absolute atomic E-state index is 0.0281. The Kier molecular flexibility index (Phi) is 5.12. The lowest BCUT2D eigenvalue weighted by atomic mass is 10.2. The van der Waals surface area contributed by atoms with E-state index in [2.05, 4.69) is 15.0 Å². The highest BCUT2D eigenvalue weighted by molar-refractivity contribution is 7.89. The SMILES string of the molecule is Cc1nc2cc(NC(=O)CCNS(=O)(=O)c3ccc4c(c3)OCCO4)ccc2o1. The molecule has 2 aromatic carbocycles. The molecular formula is C19H19N3O6S. The number of oxazole rings is 1. The molecule has 0 radical (unpaired) electrons. The van der Waals surface area contributed by atoms with Gasteiger partial charge in [0.15, 0.2) is 23.0 Å². The Balaban J connectivity index is 1.34. The van der Waals surface area contributed by atoms with Gasteiger partial charge in [-0.2, -0.15) is 0 Å². The molecule has 29 heavy (non-hydrogen) atoms. The van der Waals surface area contributed by atoms with Gasteiger partial charge >= 0.3 is 0 Å². The van der Waals surface area contributed by atoms with Crippen LogP contribution in [0.2, 0.25) is 0 Å². The molecule has 1 aromatic heterocycles. The summed E-state index contributed by atoms with van der Waals surface area (Å²) in [6.07, 6.45) is -0.0281. The molecule has 152 valence electrons. The Morgan fingerprint density at radius 3 is 2.72 bits per heavy atom. The summed E-state index contributed by atoms with van der Waals surface area (Å²) in [5.41, 5.74) is 1.83. The highest BCUT2D eigenvalue weighted by Gasteiger charge is 2.19. The Hall–Kier alpha value is -3.11. The normalized spacial score (nSPS) is 13.4. The molecular weight excluding hydrogens is 398 g/mol. The van der Waals surface area contributed by atoms with E-state index in [1.54, 1.807) is 31.2 Å². The summed E-state index contributed by atoms with van der Waals surface area (Å²) in [5.74, 6) is 1.11. The summed E-state index contributed by atoms with van der Waals surface area (Å²) < 4.78 is 43.5. The summed E-state index contributed by atoms with van der Waals surface area (Å²) in [6.45, 7) is 2.49. The van der Waals surface area contributed by atoms with Gasteiger partial charge in [-0.1, -0.05) is 0 Å². The van der Waals surface area contributed by atoms with Crippen LogP contribution in [0.4, 0.5) is 5.69 Å². The van der Waals surface area contributed by atoms with Crippen molar-refractivity contribution in [3.05, 3.63) is 42.3 Å². The van der Waals surface area contributed by atoms with Gasteiger partial charge in [-0.15, -0.1) is 0 Å². The van der Waals surface area contributed by atoms with E-state index in [0.717, 1.165) is 0 Å². The second-order valence-corrected chi connectivity index (χ2v) is 8.18. The second kappa shape index (κ2) is 7.72. The van der Waals surface area contributed by atoms with Crippen LogP contribution in [0.25, 0.3) is 11.1 Å². The molecule has 3 aromatic rings. The van der Waals surface area contributed by atoms with Gasteiger partial charge in [0, 0.05) is 31.6 Å². The lowest BCUT2D eigenvalue weighted by Gasteiger charge is -2.18. The number of benzene rings is 2. The van der Waals surface area contributed by atoms with Crippen molar-refractivity contribution in [2.24, 2.45) is 0 Å². The van der Waals surface area contributed by atoms with E-state index in [9.17, 15) is 13.2 Å². The fourth-order valence-corrected chi connectivity index (χ4v) is 3.96. The summed E-state index contributed by atoms with van der Waals surface area (Å²) in [6, 6.07) is 9.51. The maximum Gasteiger partial charge on any atom is 0.240 e. The Morgan fingerprint density at radius 1 is 1.10 bits per heavy atom. The molecule has 10 heteroatoms. The van der Waals surface area contributed by atoms with Crippen LogP contribution in [0.3, 0.4) is 0 Å². The number of ether oxygens (including phenoxy) is 2. The van der Waals surface area contributed by atoms with Gasteiger partial charge in [-0.05, 0) is 30.3 Å². The number of rotatable bonds is 6. The first-order valence-corrected chi connectivity index (χ1v) is 10.5. The van der Waals surface area contributed by atoms with E-state index in [1.807, 2.05) is 0 Å². The topological polar surface area (TPSA) is 120 Å². The van der Waals surface area contributed by atoms with Crippen molar-refractivity contribution in [1.29, 1.82) is 0 Å². The van der Waals surface area contributed by atoms with Gasteiger partial charge in [-0.25, -0.2) is 18.1 Å². The van der Waals surface area contributed by atoms with Gasteiger partial charge < -0.3 is 19.2 Å². The van der Waals surface area contributed by atoms with E-state index in [4.69, 9.17) is 13.9 Å². The number of sulfonamides is 1. The first-order valence-electron chi connectivity index (χ1n) is 8.97. The number of hydrogen-bond acceptors (Lipinski definition) is 7. The third-order valence-corrected chi connectivity index (χ3v) is 5.71. The molecule has 0 saturated carbocycles. The van der Waals surface area contributed by atoms with Gasteiger partial charge in [0.25, 0.3) is 0 Å². The summed E-state index contributed by atoms with van der Waals surface area (Å²) in [7, 11) is -3.78. The molecule has 1 aliphatic heterocycles. The number of carbonyl (C=O) groups excluding carboxylic acids is 1. The molecule has 0 aliphatic carbocycles. The first kappa shape index (κ1) is 19.2. The summed E-state index contributed by atoms with van der Waals surface area (Å²) in [4.78, 5) is 16.4. The molecule has 0 spiro atoms. The van der Waals surface area contributed by atoms with E-state index in [0.29, 0.717) is 47.4 Å². The number of carbonyl (C=O) groups is 1. The Morgan fingerprint density at radius 2 is 1.90 bits per heavy atom. The molecule has 2 N–H and O–H groups in total. The summed E-state index contributed by atoms with van der Waals surface area (Å²) in [5, 5.41) is 2.72. The van der Waals surface area contributed by atoms with Crippen LogP contribution in [-0.4, -0.2) is 39.1 Å². The lowest BCUT2D eigenvalue weighted by Crippen LogP contribution is -2.28. The number of fused-ring (bicyclic) bond motifs is 2. The first-order chi connectivity index (χ1) is 13.9. The molecule has 0 bridgehead atoms. The fourth-order valence-electron chi connectivity index (χ4n) is 2.92. The number of nitrogens with one attached hydrogen (secondary N) is 2. The largest absolute Gasteiger partial charge is 0.486 e. The van der Waals surface area contributed by atoms with Gasteiger partial charge in [0.05, 0.1) is 4.90 Å². The van der Waals surface area contributed by atoms with Crippen LogP contribution in [0.1, 0.15) is 12.3 Å². The van der Waals surface area contributed by atoms with Crippen LogP contribution in [0.5, 0.6) is 11.5 Å². The van der Waals surface area contributed by atoms with E-state index < -0.39 is 10.0 Å². The van der Waals surface area contributed by atoms with Crippen LogP contribution >= 0.6 is 0 Å². The minimum atomic E-state index is -3.78. The molecule has 0 fully saturated rings. The average molecular weight is 417 g/mol. The van der Waals surface area contributed by atoms with Gasteiger partial charge in [0.1, 0.15) is 18.7 Å². The van der Waals surface area contributed by atoms with Crippen molar-refractivity contribution in [1.82, 2.24) is 9.71 Å². The average Bonchev–Trinajstić information content (AvgIpc) is 3.06. The van der Waals surface area contributed by atoms with E-state index >= 15 is 0 Å². The summed E-state index contributed by atoms with van der Waals surface area (Å²) >= 11 is 0.